The summed E-state index contributed by atoms with van der Waals surface area (Å²) in [5.74, 6) is 0. The minimum atomic E-state index is 0.420. The molecule has 3 heteroatoms. The molecule has 82 valence electrons. The van der Waals surface area contributed by atoms with E-state index in [1.807, 2.05) is 12.1 Å². The molecule has 0 unspecified atom stereocenters. The molecule has 0 bridgehead atoms. The highest BCUT2D eigenvalue weighted by Gasteiger charge is 2.19. The van der Waals surface area contributed by atoms with Crippen molar-refractivity contribution in [1.82, 2.24) is 4.90 Å². The van der Waals surface area contributed by atoms with Crippen LogP contribution in [0.15, 0.2) is 18.2 Å². The van der Waals surface area contributed by atoms with E-state index in [4.69, 9.17) is 23.2 Å². The first-order chi connectivity index (χ1) is 7.16. The van der Waals surface area contributed by atoms with Gasteiger partial charge in [0.25, 0.3) is 0 Å². The molecule has 15 heavy (non-hydrogen) atoms. The average molecular weight is 244 g/mol. The third-order valence-corrected chi connectivity index (χ3v) is 3.49. The molecule has 1 heterocycles. The fraction of sp³-hybridized carbons (Fsp3) is 0.500. The number of likely N-dealkylation sites (tertiary alicyclic amines) is 1. The Labute approximate surface area is 101 Å². The van der Waals surface area contributed by atoms with E-state index in [0.29, 0.717) is 6.04 Å². The lowest BCUT2D eigenvalue weighted by Crippen LogP contribution is -2.23. The van der Waals surface area contributed by atoms with Gasteiger partial charge in [-0.25, -0.2) is 0 Å². The van der Waals surface area contributed by atoms with Crippen molar-refractivity contribution in [3.63, 3.8) is 0 Å². The van der Waals surface area contributed by atoms with Crippen molar-refractivity contribution in [2.24, 2.45) is 0 Å². The van der Waals surface area contributed by atoms with Gasteiger partial charge in [0.05, 0.1) is 0 Å². The standard InChI is InChI=1S/C12H15Cl2N/c1-9(15-4-2-3-5-15)10-6-11(13)8-12(14)7-10/h6-9H,2-5H2,1H3/t9-/m1/s1. The van der Waals surface area contributed by atoms with Crippen molar-refractivity contribution in [3.05, 3.63) is 33.8 Å². The van der Waals surface area contributed by atoms with Crippen molar-refractivity contribution in [2.45, 2.75) is 25.8 Å². The van der Waals surface area contributed by atoms with Crippen molar-refractivity contribution in [2.75, 3.05) is 13.1 Å². The molecule has 1 aliphatic rings. The van der Waals surface area contributed by atoms with Crippen LogP contribution in [0.2, 0.25) is 10.0 Å². The topological polar surface area (TPSA) is 3.24 Å². The largest absolute Gasteiger partial charge is 0.297 e. The van der Waals surface area contributed by atoms with Gasteiger partial charge in [0.1, 0.15) is 0 Å². The molecule has 2 rings (SSSR count). The molecule has 1 fully saturated rings. The van der Waals surface area contributed by atoms with Gasteiger partial charge in [0.15, 0.2) is 0 Å². The van der Waals surface area contributed by atoms with E-state index in [1.54, 1.807) is 6.07 Å². The maximum absolute atomic E-state index is 6.00. The molecule has 0 aliphatic carbocycles. The minimum Gasteiger partial charge on any atom is -0.297 e. The average Bonchev–Trinajstić information content (AvgIpc) is 2.67. The van der Waals surface area contributed by atoms with Crippen LogP contribution in [0.4, 0.5) is 0 Å². The Morgan fingerprint density at radius 1 is 1.07 bits per heavy atom. The number of hydrogen-bond acceptors (Lipinski definition) is 1. The summed E-state index contributed by atoms with van der Waals surface area (Å²) < 4.78 is 0. The summed E-state index contributed by atoms with van der Waals surface area (Å²) >= 11 is 12.0. The SMILES string of the molecule is C[C@H](c1cc(Cl)cc(Cl)c1)N1CCCC1. The molecule has 0 amide bonds. The highest BCUT2D eigenvalue weighted by Crippen LogP contribution is 2.28. The summed E-state index contributed by atoms with van der Waals surface area (Å²) in [6.07, 6.45) is 2.61. The Morgan fingerprint density at radius 2 is 1.60 bits per heavy atom. The highest BCUT2D eigenvalue weighted by molar-refractivity contribution is 6.34. The molecule has 1 aromatic rings. The van der Waals surface area contributed by atoms with Crippen molar-refractivity contribution >= 4 is 23.2 Å². The van der Waals surface area contributed by atoms with Gasteiger partial charge in [0.2, 0.25) is 0 Å². The second-order valence-electron chi connectivity index (χ2n) is 4.12. The summed E-state index contributed by atoms with van der Waals surface area (Å²) in [5, 5.41) is 1.45. The van der Waals surface area contributed by atoms with Crippen molar-refractivity contribution in [3.8, 4) is 0 Å². The third kappa shape index (κ3) is 2.66. The predicted molar refractivity (Wildman–Crippen MR) is 65.7 cm³/mol. The van der Waals surface area contributed by atoms with E-state index >= 15 is 0 Å². The fourth-order valence-corrected chi connectivity index (χ4v) is 2.70. The monoisotopic (exact) mass is 243 g/mol. The number of benzene rings is 1. The van der Waals surface area contributed by atoms with E-state index < -0.39 is 0 Å². The van der Waals surface area contributed by atoms with Gasteiger partial charge in [-0.05, 0) is 56.6 Å². The molecule has 1 atom stereocenters. The number of hydrogen-bond donors (Lipinski definition) is 0. The van der Waals surface area contributed by atoms with E-state index in [1.165, 1.54) is 31.5 Å². The second kappa shape index (κ2) is 4.73. The first-order valence-electron chi connectivity index (χ1n) is 5.37. The first-order valence-corrected chi connectivity index (χ1v) is 6.12. The summed E-state index contributed by atoms with van der Waals surface area (Å²) in [4.78, 5) is 2.47. The van der Waals surface area contributed by atoms with Crippen LogP contribution in [-0.4, -0.2) is 18.0 Å². The number of rotatable bonds is 2. The van der Waals surface area contributed by atoms with Gasteiger partial charge in [-0.15, -0.1) is 0 Å². The zero-order valence-corrected chi connectivity index (χ0v) is 10.4. The van der Waals surface area contributed by atoms with Crippen LogP contribution >= 0.6 is 23.2 Å². The molecule has 1 aliphatic heterocycles. The maximum Gasteiger partial charge on any atom is 0.0424 e. The molecule has 0 aromatic heterocycles. The summed E-state index contributed by atoms with van der Waals surface area (Å²) in [5.41, 5.74) is 1.22. The van der Waals surface area contributed by atoms with Gasteiger partial charge in [-0.3, -0.25) is 4.90 Å². The zero-order valence-electron chi connectivity index (χ0n) is 8.84. The molecular weight excluding hydrogens is 229 g/mol. The Hall–Kier alpha value is -0.240. The maximum atomic E-state index is 6.00. The number of nitrogens with zero attached hydrogens (tertiary/aromatic N) is 1. The Morgan fingerprint density at radius 3 is 2.13 bits per heavy atom. The fourth-order valence-electron chi connectivity index (χ4n) is 2.16. The normalized spacial score (nSPS) is 19.4. The molecule has 1 aromatic carbocycles. The Balaban J connectivity index is 2.20. The van der Waals surface area contributed by atoms with Crippen molar-refractivity contribution < 1.29 is 0 Å². The van der Waals surface area contributed by atoms with Crippen LogP contribution in [0.1, 0.15) is 31.4 Å². The zero-order chi connectivity index (χ0) is 10.8. The lowest BCUT2D eigenvalue weighted by molar-refractivity contribution is 0.263. The molecule has 1 nitrogen and oxygen atoms in total. The van der Waals surface area contributed by atoms with Gasteiger partial charge >= 0.3 is 0 Å². The van der Waals surface area contributed by atoms with Gasteiger partial charge in [-0.2, -0.15) is 0 Å². The summed E-state index contributed by atoms with van der Waals surface area (Å²) in [6, 6.07) is 6.22. The van der Waals surface area contributed by atoms with E-state index in [9.17, 15) is 0 Å². The Bertz CT molecular complexity index is 325. The molecule has 0 saturated carbocycles. The van der Waals surface area contributed by atoms with Gasteiger partial charge in [-0.1, -0.05) is 23.2 Å². The van der Waals surface area contributed by atoms with Crippen molar-refractivity contribution in [1.29, 1.82) is 0 Å². The van der Waals surface area contributed by atoms with Crippen LogP contribution < -0.4 is 0 Å². The molecule has 0 N–H and O–H groups in total. The first kappa shape index (κ1) is 11.3. The van der Waals surface area contributed by atoms with Gasteiger partial charge in [0, 0.05) is 16.1 Å². The Kier molecular flexibility index (Phi) is 3.55. The van der Waals surface area contributed by atoms with Crippen LogP contribution in [0.5, 0.6) is 0 Å². The van der Waals surface area contributed by atoms with E-state index in [2.05, 4.69) is 11.8 Å². The van der Waals surface area contributed by atoms with Crippen LogP contribution in [-0.2, 0) is 0 Å². The van der Waals surface area contributed by atoms with Gasteiger partial charge < -0.3 is 0 Å². The van der Waals surface area contributed by atoms with Crippen LogP contribution in [0.3, 0.4) is 0 Å². The lowest BCUT2D eigenvalue weighted by Gasteiger charge is -2.24. The van der Waals surface area contributed by atoms with Crippen LogP contribution in [0, 0.1) is 0 Å². The quantitative estimate of drug-likeness (QED) is 0.755. The second-order valence-corrected chi connectivity index (χ2v) is 4.99. The van der Waals surface area contributed by atoms with Crippen LogP contribution in [0.25, 0.3) is 0 Å². The molecule has 1 saturated heterocycles. The molecular formula is C12H15Cl2N. The smallest absolute Gasteiger partial charge is 0.0424 e. The lowest BCUT2D eigenvalue weighted by atomic mass is 10.1. The van der Waals surface area contributed by atoms with E-state index in [-0.39, 0.29) is 0 Å². The predicted octanol–water partition coefficient (Wildman–Crippen LogP) is 4.15. The molecule has 0 radical (unpaired) electrons. The summed E-state index contributed by atoms with van der Waals surface area (Å²) in [6.45, 7) is 4.59. The third-order valence-electron chi connectivity index (χ3n) is 3.06. The molecule has 0 spiro atoms. The summed E-state index contributed by atoms with van der Waals surface area (Å²) in [7, 11) is 0. The highest BCUT2D eigenvalue weighted by atomic mass is 35.5. The minimum absolute atomic E-state index is 0.420. The van der Waals surface area contributed by atoms with E-state index in [0.717, 1.165) is 10.0 Å². The number of halogens is 2.